The lowest BCUT2D eigenvalue weighted by molar-refractivity contribution is 0.628. The van der Waals surface area contributed by atoms with Crippen LogP contribution in [0.5, 0.6) is 0 Å². The highest BCUT2D eigenvalue weighted by Gasteiger charge is 2.07. The van der Waals surface area contributed by atoms with Crippen LogP contribution >= 0.6 is 0 Å². The minimum Gasteiger partial charge on any atom is -0.399 e. The van der Waals surface area contributed by atoms with Crippen LogP contribution in [0.2, 0.25) is 0 Å². The van der Waals surface area contributed by atoms with Crippen molar-refractivity contribution in [1.29, 1.82) is 0 Å². The number of hydrogen-bond acceptors (Lipinski definition) is 2. The number of nitrogens with zero attached hydrogens (tertiary/aromatic N) is 2. The molecule has 4 heteroatoms. The van der Waals surface area contributed by atoms with E-state index in [1.807, 2.05) is 28.8 Å². The van der Waals surface area contributed by atoms with Crippen molar-refractivity contribution in [1.82, 2.24) is 9.55 Å². The van der Waals surface area contributed by atoms with Gasteiger partial charge in [0.2, 0.25) is 0 Å². The fourth-order valence-electron chi connectivity index (χ4n) is 2.01. The molecule has 0 amide bonds. The van der Waals surface area contributed by atoms with Gasteiger partial charge in [-0.15, -0.1) is 0 Å². The number of benzene rings is 2. The molecular formula is C15H12FN3. The predicted molar refractivity (Wildman–Crippen MR) is 73.4 cm³/mol. The van der Waals surface area contributed by atoms with Crippen LogP contribution in [-0.4, -0.2) is 9.55 Å². The molecule has 0 saturated carbocycles. The number of anilines is 1. The first kappa shape index (κ1) is 11.5. The maximum Gasteiger partial charge on any atom is 0.123 e. The van der Waals surface area contributed by atoms with Gasteiger partial charge in [0.05, 0.1) is 18.2 Å². The molecule has 0 spiro atoms. The highest BCUT2D eigenvalue weighted by Crippen LogP contribution is 2.23. The van der Waals surface area contributed by atoms with E-state index in [-0.39, 0.29) is 5.82 Å². The van der Waals surface area contributed by atoms with Gasteiger partial charge in [-0.2, -0.15) is 0 Å². The molecular weight excluding hydrogens is 241 g/mol. The Labute approximate surface area is 110 Å². The summed E-state index contributed by atoms with van der Waals surface area (Å²) in [5, 5.41) is 0. The molecule has 1 aromatic heterocycles. The molecule has 0 saturated heterocycles. The van der Waals surface area contributed by atoms with Crippen molar-refractivity contribution in [3.8, 4) is 16.9 Å². The fraction of sp³-hybridized carbons (Fsp3) is 0. The van der Waals surface area contributed by atoms with Crippen molar-refractivity contribution in [2.24, 2.45) is 0 Å². The molecule has 0 bridgehead atoms. The van der Waals surface area contributed by atoms with Crippen LogP contribution in [0, 0.1) is 5.82 Å². The zero-order valence-corrected chi connectivity index (χ0v) is 10.1. The SMILES string of the molecule is Nc1cccc(-n2cncc2-c2ccc(F)cc2)c1. The van der Waals surface area contributed by atoms with Gasteiger partial charge in [-0.25, -0.2) is 9.37 Å². The van der Waals surface area contributed by atoms with Crippen LogP contribution in [-0.2, 0) is 0 Å². The van der Waals surface area contributed by atoms with Gasteiger partial charge in [-0.1, -0.05) is 6.07 Å². The third kappa shape index (κ3) is 2.20. The van der Waals surface area contributed by atoms with Gasteiger partial charge in [-0.3, -0.25) is 4.57 Å². The van der Waals surface area contributed by atoms with Crippen LogP contribution in [0.15, 0.2) is 61.1 Å². The van der Waals surface area contributed by atoms with Gasteiger partial charge in [0, 0.05) is 16.9 Å². The Bertz CT molecular complexity index is 701. The summed E-state index contributed by atoms with van der Waals surface area (Å²) >= 11 is 0. The summed E-state index contributed by atoms with van der Waals surface area (Å²) in [6.07, 6.45) is 3.46. The highest BCUT2D eigenvalue weighted by molar-refractivity contribution is 5.62. The Morgan fingerprint density at radius 1 is 1.05 bits per heavy atom. The monoisotopic (exact) mass is 253 g/mol. The van der Waals surface area contributed by atoms with Crippen molar-refractivity contribution >= 4 is 5.69 Å². The van der Waals surface area contributed by atoms with Crippen molar-refractivity contribution in [3.63, 3.8) is 0 Å². The van der Waals surface area contributed by atoms with E-state index in [2.05, 4.69) is 4.98 Å². The number of aromatic nitrogens is 2. The van der Waals surface area contributed by atoms with E-state index in [1.165, 1.54) is 12.1 Å². The maximum atomic E-state index is 13.0. The highest BCUT2D eigenvalue weighted by atomic mass is 19.1. The molecule has 0 atom stereocenters. The molecule has 0 aliphatic carbocycles. The molecule has 0 fully saturated rings. The normalized spacial score (nSPS) is 10.6. The molecule has 3 rings (SSSR count). The molecule has 3 aromatic rings. The summed E-state index contributed by atoms with van der Waals surface area (Å²) in [5.74, 6) is -0.251. The van der Waals surface area contributed by atoms with Crippen LogP contribution in [0.1, 0.15) is 0 Å². The van der Waals surface area contributed by atoms with E-state index in [0.29, 0.717) is 5.69 Å². The standard InChI is InChI=1S/C15H12FN3/c16-12-6-4-11(5-7-12)15-9-18-10-19(15)14-3-1-2-13(17)8-14/h1-10H,17H2. The Morgan fingerprint density at radius 3 is 2.58 bits per heavy atom. The van der Waals surface area contributed by atoms with Crippen LogP contribution in [0.4, 0.5) is 10.1 Å². The predicted octanol–water partition coefficient (Wildman–Crippen LogP) is 3.26. The van der Waals surface area contributed by atoms with Crippen LogP contribution < -0.4 is 5.73 Å². The second-order valence-corrected chi connectivity index (χ2v) is 4.25. The molecule has 2 aromatic carbocycles. The van der Waals surface area contributed by atoms with E-state index >= 15 is 0 Å². The van der Waals surface area contributed by atoms with E-state index in [0.717, 1.165) is 16.9 Å². The van der Waals surface area contributed by atoms with E-state index in [9.17, 15) is 4.39 Å². The lowest BCUT2D eigenvalue weighted by Crippen LogP contribution is -1.96. The van der Waals surface area contributed by atoms with Crippen molar-refractivity contribution < 1.29 is 4.39 Å². The number of halogens is 1. The third-order valence-corrected chi connectivity index (χ3v) is 2.93. The smallest absolute Gasteiger partial charge is 0.123 e. The van der Waals surface area contributed by atoms with Crippen molar-refractivity contribution in [3.05, 3.63) is 66.9 Å². The van der Waals surface area contributed by atoms with Gasteiger partial charge in [0.1, 0.15) is 5.82 Å². The molecule has 2 N–H and O–H groups in total. The summed E-state index contributed by atoms with van der Waals surface area (Å²) in [5.41, 5.74) is 9.21. The van der Waals surface area contributed by atoms with Crippen LogP contribution in [0.3, 0.4) is 0 Å². The van der Waals surface area contributed by atoms with Gasteiger partial charge in [0.25, 0.3) is 0 Å². The Balaban J connectivity index is 2.10. The quantitative estimate of drug-likeness (QED) is 0.712. The molecule has 3 nitrogen and oxygen atoms in total. The van der Waals surface area contributed by atoms with Crippen molar-refractivity contribution in [2.75, 3.05) is 5.73 Å². The minimum atomic E-state index is -0.251. The first-order valence-electron chi connectivity index (χ1n) is 5.88. The second-order valence-electron chi connectivity index (χ2n) is 4.25. The van der Waals surface area contributed by atoms with Crippen LogP contribution in [0.25, 0.3) is 16.9 Å². The number of imidazole rings is 1. The summed E-state index contributed by atoms with van der Waals surface area (Å²) in [6.45, 7) is 0. The van der Waals surface area contributed by atoms with Gasteiger partial charge in [-0.05, 0) is 42.5 Å². The van der Waals surface area contributed by atoms with E-state index < -0.39 is 0 Å². The van der Waals surface area contributed by atoms with Gasteiger partial charge in [0.15, 0.2) is 0 Å². The average molecular weight is 253 g/mol. The van der Waals surface area contributed by atoms with Crippen molar-refractivity contribution in [2.45, 2.75) is 0 Å². The second kappa shape index (κ2) is 4.57. The number of nitrogens with two attached hydrogens (primary N) is 1. The summed E-state index contributed by atoms with van der Waals surface area (Å²) in [4.78, 5) is 4.16. The Hall–Kier alpha value is -2.62. The molecule has 0 aliphatic rings. The first-order chi connectivity index (χ1) is 9.24. The lowest BCUT2D eigenvalue weighted by atomic mass is 10.1. The topological polar surface area (TPSA) is 43.8 Å². The molecule has 0 radical (unpaired) electrons. The molecule has 0 aliphatic heterocycles. The number of hydrogen-bond donors (Lipinski definition) is 1. The number of rotatable bonds is 2. The summed E-state index contributed by atoms with van der Waals surface area (Å²) in [7, 11) is 0. The zero-order valence-electron chi connectivity index (χ0n) is 10.1. The van der Waals surface area contributed by atoms with Gasteiger partial charge >= 0.3 is 0 Å². The molecule has 0 unspecified atom stereocenters. The Kier molecular flexibility index (Phi) is 2.76. The molecule has 1 heterocycles. The van der Waals surface area contributed by atoms with E-state index in [4.69, 9.17) is 5.73 Å². The zero-order chi connectivity index (χ0) is 13.2. The third-order valence-electron chi connectivity index (χ3n) is 2.93. The molecule has 19 heavy (non-hydrogen) atoms. The molecule has 94 valence electrons. The Morgan fingerprint density at radius 2 is 1.84 bits per heavy atom. The van der Waals surface area contributed by atoms with Gasteiger partial charge < -0.3 is 5.73 Å². The fourth-order valence-corrected chi connectivity index (χ4v) is 2.01. The number of nitrogen functional groups attached to an aromatic ring is 1. The maximum absolute atomic E-state index is 13.0. The summed E-state index contributed by atoms with van der Waals surface area (Å²) < 4.78 is 14.9. The lowest BCUT2D eigenvalue weighted by Gasteiger charge is -2.09. The van der Waals surface area contributed by atoms with E-state index in [1.54, 1.807) is 24.7 Å². The summed E-state index contributed by atoms with van der Waals surface area (Å²) in [6, 6.07) is 13.9. The first-order valence-corrected chi connectivity index (χ1v) is 5.88. The largest absolute Gasteiger partial charge is 0.399 e. The average Bonchev–Trinajstić information content (AvgIpc) is 2.89. The minimum absolute atomic E-state index is 0.251.